The van der Waals surface area contributed by atoms with E-state index in [2.05, 4.69) is 10.6 Å². The van der Waals surface area contributed by atoms with Crippen LogP contribution in [0, 0.1) is 0 Å². The zero-order valence-corrected chi connectivity index (χ0v) is 20.6. The zero-order valence-electron chi connectivity index (χ0n) is 20.6. The number of hydrogen-bond acceptors (Lipinski definition) is 7. The first-order chi connectivity index (χ1) is 16.9. The fourth-order valence-corrected chi connectivity index (χ4v) is 3.14. The summed E-state index contributed by atoms with van der Waals surface area (Å²) in [7, 11) is 1.72. The van der Waals surface area contributed by atoms with E-state index in [0.29, 0.717) is 38.1 Å². The molecule has 0 spiro atoms. The third-order valence-electron chi connectivity index (χ3n) is 4.97. The van der Waals surface area contributed by atoms with Gasteiger partial charge in [0.05, 0.1) is 13.2 Å². The first-order valence-corrected chi connectivity index (χ1v) is 11.7. The van der Waals surface area contributed by atoms with Crippen LogP contribution in [0.2, 0.25) is 0 Å². The molecular formula is C26H35N3O6. The van der Waals surface area contributed by atoms with Crippen molar-refractivity contribution in [1.29, 1.82) is 0 Å². The Balaban J connectivity index is 1.82. The smallest absolute Gasteiger partial charge is 0.302 e. The van der Waals surface area contributed by atoms with Gasteiger partial charge in [-0.3, -0.25) is 19.2 Å². The molecule has 0 aliphatic rings. The number of likely N-dealkylation sites (N-methyl/N-ethyl adjacent to an activating group) is 1. The number of nitrogens with zero attached hydrogens (tertiary/aromatic N) is 1. The number of rotatable bonds is 15. The van der Waals surface area contributed by atoms with E-state index in [1.807, 2.05) is 49.4 Å². The molecule has 0 aliphatic carbocycles. The number of carbonyl (C=O) groups is 3. The van der Waals surface area contributed by atoms with Gasteiger partial charge >= 0.3 is 5.97 Å². The van der Waals surface area contributed by atoms with Crippen LogP contribution in [0.15, 0.2) is 54.6 Å². The van der Waals surface area contributed by atoms with Gasteiger partial charge in [-0.1, -0.05) is 49.4 Å². The molecule has 2 aromatic carbocycles. The Labute approximate surface area is 206 Å². The van der Waals surface area contributed by atoms with Crippen LogP contribution in [0.5, 0.6) is 0 Å². The fourth-order valence-electron chi connectivity index (χ4n) is 3.14. The molecular weight excluding hydrogens is 450 g/mol. The van der Waals surface area contributed by atoms with E-state index in [9.17, 15) is 14.4 Å². The number of benzene rings is 2. The molecule has 0 saturated carbocycles. The summed E-state index contributed by atoms with van der Waals surface area (Å²) in [6.07, 6.45) is 1.49. The van der Waals surface area contributed by atoms with E-state index in [4.69, 9.17) is 14.3 Å². The van der Waals surface area contributed by atoms with Gasteiger partial charge < -0.3 is 20.1 Å². The summed E-state index contributed by atoms with van der Waals surface area (Å²) >= 11 is 0. The van der Waals surface area contributed by atoms with Crippen molar-refractivity contribution in [3.05, 3.63) is 65.7 Å². The quantitative estimate of drug-likeness (QED) is 0.173. The van der Waals surface area contributed by atoms with E-state index in [1.165, 1.54) is 12.0 Å². The maximum Gasteiger partial charge on any atom is 0.302 e. The number of carbonyl (C=O) groups excluding carboxylic acids is 3. The lowest BCUT2D eigenvalue weighted by Gasteiger charge is -2.19. The third-order valence-corrected chi connectivity index (χ3v) is 4.97. The number of amides is 2. The molecule has 0 heterocycles. The van der Waals surface area contributed by atoms with E-state index in [0.717, 1.165) is 11.1 Å². The number of hydrogen-bond donors (Lipinski definition) is 2. The van der Waals surface area contributed by atoms with Gasteiger partial charge in [0.25, 0.3) is 0 Å². The Hall–Kier alpha value is -3.27. The molecule has 190 valence electrons. The molecule has 0 bridgehead atoms. The standard InChI is InChI=1S/C26H35N3O6/c1-4-8-25(31)28-24(17-21-9-6-5-7-10-21)26(32)27-23-13-11-22(12-14-23)18-33-19-35-29(3)15-16-34-20(2)30/h5-7,9-14,24H,4,8,15-19H2,1-3H3,(H,27,32)(H,28,31)/t24-/m0/s1. The molecule has 0 fully saturated rings. The van der Waals surface area contributed by atoms with Crippen molar-refractivity contribution in [3.63, 3.8) is 0 Å². The fraction of sp³-hybridized carbons (Fsp3) is 0.423. The minimum atomic E-state index is -0.672. The monoisotopic (exact) mass is 485 g/mol. The van der Waals surface area contributed by atoms with Gasteiger partial charge in [-0.2, -0.15) is 5.06 Å². The highest BCUT2D eigenvalue weighted by Gasteiger charge is 2.21. The average molecular weight is 486 g/mol. The average Bonchev–Trinajstić information content (AvgIpc) is 2.83. The summed E-state index contributed by atoms with van der Waals surface area (Å²) in [4.78, 5) is 41.2. The summed E-state index contributed by atoms with van der Waals surface area (Å²) in [6.45, 7) is 4.33. The van der Waals surface area contributed by atoms with Gasteiger partial charge in [-0.15, -0.1) is 0 Å². The highest BCUT2D eigenvalue weighted by atomic mass is 16.8. The predicted octanol–water partition coefficient (Wildman–Crippen LogP) is 3.05. The second-order valence-electron chi connectivity index (χ2n) is 8.03. The Kier molecular flexibility index (Phi) is 12.5. The first-order valence-electron chi connectivity index (χ1n) is 11.7. The van der Waals surface area contributed by atoms with Crippen molar-refractivity contribution < 1.29 is 28.7 Å². The van der Waals surface area contributed by atoms with E-state index in [1.54, 1.807) is 19.2 Å². The lowest BCUT2D eigenvalue weighted by atomic mass is 10.0. The number of nitrogens with one attached hydrogen (secondary N) is 2. The van der Waals surface area contributed by atoms with Crippen molar-refractivity contribution in [2.45, 2.75) is 45.8 Å². The Bertz CT molecular complexity index is 920. The lowest BCUT2D eigenvalue weighted by molar-refractivity contribution is -0.218. The summed E-state index contributed by atoms with van der Waals surface area (Å²) in [6, 6.07) is 16.2. The molecule has 0 saturated heterocycles. The molecule has 9 nitrogen and oxygen atoms in total. The highest BCUT2D eigenvalue weighted by molar-refractivity contribution is 5.97. The van der Waals surface area contributed by atoms with E-state index < -0.39 is 6.04 Å². The molecule has 0 radical (unpaired) electrons. The lowest BCUT2D eigenvalue weighted by Crippen LogP contribution is -2.45. The molecule has 2 aromatic rings. The summed E-state index contributed by atoms with van der Waals surface area (Å²) < 4.78 is 10.4. The normalized spacial score (nSPS) is 11.7. The first kappa shape index (κ1) is 28.0. The maximum absolute atomic E-state index is 12.9. The molecule has 2 N–H and O–H groups in total. The van der Waals surface area contributed by atoms with Crippen LogP contribution in [-0.4, -0.2) is 55.9 Å². The molecule has 9 heteroatoms. The minimum absolute atomic E-state index is 0.0493. The van der Waals surface area contributed by atoms with Crippen molar-refractivity contribution in [2.24, 2.45) is 0 Å². The van der Waals surface area contributed by atoms with Gasteiger partial charge in [0.1, 0.15) is 12.6 Å². The van der Waals surface area contributed by atoms with Gasteiger partial charge in [-0.25, -0.2) is 0 Å². The molecule has 2 amide bonds. The highest BCUT2D eigenvalue weighted by Crippen LogP contribution is 2.12. The van der Waals surface area contributed by atoms with E-state index >= 15 is 0 Å². The summed E-state index contributed by atoms with van der Waals surface area (Å²) in [5, 5.41) is 7.27. The molecule has 2 rings (SSSR count). The second-order valence-corrected chi connectivity index (χ2v) is 8.03. The molecule has 0 unspecified atom stereocenters. The predicted molar refractivity (Wildman–Crippen MR) is 132 cm³/mol. The van der Waals surface area contributed by atoms with Gasteiger partial charge in [-0.05, 0) is 29.7 Å². The maximum atomic E-state index is 12.9. The Morgan fingerprint density at radius 2 is 1.71 bits per heavy atom. The molecule has 0 aliphatic heterocycles. The van der Waals surface area contributed by atoms with E-state index in [-0.39, 0.29) is 31.2 Å². The van der Waals surface area contributed by atoms with Crippen LogP contribution in [0.3, 0.4) is 0 Å². The van der Waals surface area contributed by atoms with Crippen LogP contribution in [-0.2, 0) is 41.7 Å². The van der Waals surface area contributed by atoms with Gasteiger partial charge in [0, 0.05) is 32.5 Å². The van der Waals surface area contributed by atoms with Crippen LogP contribution < -0.4 is 10.6 Å². The molecule has 35 heavy (non-hydrogen) atoms. The molecule has 0 aromatic heterocycles. The minimum Gasteiger partial charge on any atom is -0.464 e. The van der Waals surface area contributed by atoms with Crippen LogP contribution in [0.4, 0.5) is 5.69 Å². The van der Waals surface area contributed by atoms with Crippen molar-refractivity contribution in [2.75, 3.05) is 32.3 Å². The van der Waals surface area contributed by atoms with Crippen LogP contribution in [0.1, 0.15) is 37.8 Å². The largest absolute Gasteiger partial charge is 0.464 e. The van der Waals surface area contributed by atoms with Crippen molar-refractivity contribution >= 4 is 23.5 Å². The number of ether oxygens (including phenoxy) is 2. The number of anilines is 1. The summed E-state index contributed by atoms with van der Waals surface area (Å²) in [5.41, 5.74) is 2.51. The van der Waals surface area contributed by atoms with Crippen LogP contribution in [0.25, 0.3) is 0 Å². The molecule has 1 atom stereocenters. The summed E-state index contributed by atoms with van der Waals surface area (Å²) in [5.74, 6) is -0.745. The van der Waals surface area contributed by atoms with Gasteiger partial charge in [0.15, 0.2) is 6.79 Å². The van der Waals surface area contributed by atoms with Crippen LogP contribution >= 0.6 is 0 Å². The Morgan fingerprint density at radius 3 is 2.37 bits per heavy atom. The second kappa shape index (κ2) is 15.6. The van der Waals surface area contributed by atoms with Crippen molar-refractivity contribution in [1.82, 2.24) is 10.4 Å². The number of hydroxylamine groups is 2. The van der Waals surface area contributed by atoms with Crippen molar-refractivity contribution in [3.8, 4) is 0 Å². The SMILES string of the molecule is CCCC(=O)N[C@@H](Cc1ccccc1)C(=O)Nc1ccc(COCON(C)CCOC(C)=O)cc1. The Morgan fingerprint density at radius 1 is 1.00 bits per heavy atom. The zero-order chi connectivity index (χ0) is 25.5. The third kappa shape index (κ3) is 11.6. The number of esters is 1. The van der Waals surface area contributed by atoms with Gasteiger partial charge in [0.2, 0.25) is 11.8 Å². The topological polar surface area (TPSA) is 106 Å².